The molecule has 3 aliphatic heterocycles. The summed E-state index contributed by atoms with van der Waals surface area (Å²) in [7, 11) is 0. The molecule has 1 unspecified atom stereocenters. The predicted octanol–water partition coefficient (Wildman–Crippen LogP) is 2.27. The molecule has 2 amide bonds. The lowest BCUT2D eigenvalue weighted by molar-refractivity contribution is -0.128. The molecule has 1 aromatic rings. The molecule has 5 nitrogen and oxygen atoms in total. The summed E-state index contributed by atoms with van der Waals surface area (Å²) in [4.78, 5) is 28.7. The predicted molar refractivity (Wildman–Crippen MR) is 101 cm³/mol. The minimum atomic E-state index is 0.141. The number of hydrogen-bond donors (Lipinski definition) is 1. The van der Waals surface area contributed by atoms with Crippen LogP contribution in [-0.2, 0) is 11.3 Å². The van der Waals surface area contributed by atoms with Gasteiger partial charge in [0.1, 0.15) is 0 Å². The third kappa shape index (κ3) is 3.78. The Morgan fingerprint density at radius 2 is 1.96 bits per heavy atom. The first-order valence-corrected chi connectivity index (χ1v) is 10.1. The Kier molecular flexibility index (Phi) is 5.25. The first-order valence-electron chi connectivity index (χ1n) is 10.1. The fourth-order valence-corrected chi connectivity index (χ4v) is 4.73. The summed E-state index contributed by atoms with van der Waals surface area (Å²) in [6.07, 6.45) is 5.14. The Morgan fingerprint density at radius 1 is 1.12 bits per heavy atom. The van der Waals surface area contributed by atoms with E-state index in [4.69, 9.17) is 0 Å². The summed E-state index contributed by atoms with van der Waals surface area (Å²) in [5.74, 6) is 1.93. The monoisotopic (exact) mass is 355 g/mol. The number of likely N-dealkylation sites (tertiary alicyclic amines) is 2. The zero-order valence-corrected chi connectivity index (χ0v) is 15.5. The number of rotatable bonds is 4. The van der Waals surface area contributed by atoms with Gasteiger partial charge >= 0.3 is 0 Å². The molecule has 0 aliphatic carbocycles. The molecule has 26 heavy (non-hydrogen) atoms. The zero-order chi connectivity index (χ0) is 17.9. The lowest BCUT2D eigenvalue weighted by atomic mass is 9.83. The second kappa shape index (κ2) is 7.78. The molecule has 140 valence electrons. The number of nitrogens with zero attached hydrogens (tertiary/aromatic N) is 2. The molecule has 1 N–H and O–H groups in total. The van der Waals surface area contributed by atoms with Crippen molar-refractivity contribution in [2.75, 3.05) is 32.7 Å². The second-order valence-corrected chi connectivity index (χ2v) is 8.00. The Morgan fingerprint density at radius 3 is 2.65 bits per heavy atom. The fourth-order valence-electron chi connectivity index (χ4n) is 4.73. The van der Waals surface area contributed by atoms with Gasteiger partial charge in [0.2, 0.25) is 5.91 Å². The van der Waals surface area contributed by atoms with Crippen LogP contribution in [-0.4, -0.2) is 54.3 Å². The lowest BCUT2D eigenvalue weighted by Gasteiger charge is -2.34. The molecular formula is C21H29N3O2. The highest BCUT2D eigenvalue weighted by atomic mass is 16.2. The van der Waals surface area contributed by atoms with Crippen LogP contribution < -0.4 is 5.32 Å². The summed E-state index contributed by atoms with van der Waals surface area (Å²) in [6.45, 7) is 5.49. The van der Waals surface area contributed by atoms with Crippen LogP contribution in [0.4, 0.5) is 0 Å². The zero-order valence-electron chi connectivity index (χ0n) is 15.5. The highest BCUT2D eigenvalue weighted by Crippen LogP contribution is 2.29. The van der Waals surface area contributed by atoms with Gasteiger partial charge in [-0.15, -0.1) is 0 Å². The van der Waals surface area contributed by atoms with Crippen molar-refractivity contribution < 1.29 is 9.59 Å². The van der Waals surface area contributed by atoms with Crippen molar-refractivity contribution in [3.05, 3.63) is 35.4 Å². The van der Waals surface area contributed by atoms with E-state index in [9.17, 15) is 9.59 Å². The van der Waals surface area contributed by atoms with Gasteiger partial charge in [-0.1, -0.05) is 12.1 Å². The lowest BCUT2D eigenvalue weighted by Crippen LogP contribution is -2.40. The van der Waals surface area contributed by atoms with Gasteiger partial charge < -0.3 is 15.1 Å². The molecule has 3 fully saturated rings. The number of benzene rings is 1. The first-order chi connectivity index (χ1) is 12.7. The van der Waals surface area contributed by atoms with Crippen LogP contribution in [0.1, 0.15) is 48.0 Å². The average molecular weight is 355 g/mol. The molecule has 0 bridgehead atoms. The summed E-state index contributed by atoms with van der Waals surface area (Å²) < 4.78 is 0. The average Bonchev–Trinajstić information content (AvgIpc) is 3.34. The van der Waals surface area contributed by atoms with Crippen molar-refractivity contribution in [2.24, 2.45) is 11.8 Å². The summed E-state index contributed by atoms with van der Waals surface area (Å²) in [6, 6.07) is 7.84. The van der Waals surface area contributed by atoms with Gasteiger partial charge in [0.25, 0.3) is 5.91 Å². The number of hydrogen-bond acceptors (Lipinski definition) is 3. The first kappa shape index (κ1) is 17.5. The Balaban J connectivity index is 1.36. The van der Waals surface area contributed by atoms with E-state index in [1.807, 2.05) is 34.1 Å². The maximum Gasteiger partial charge on any atom is 0.253 e. The van der Waals surface area contributed by atoms with Crippen molar-refractivity contribution in [3.63, 3.8) is 0 Å². The molecule has 3 aliphatic rings. The number of amides is 2. The van der Waals surface area contributed by atoms with Crippen molar-refractivity contribution in [1.29, 1.82) is 0 Å². The van der Waals surface area contributed by atoms with Crippen molar-refractivity contribution >= 4 is 11.8 Å². The number of nitrogens with one attached hydrogen (secondary N) is 1. The summed E-state index contributed by atoms with van der Waals surface area (Å²) in [5.41, 5.74) is 1.81. The van der Waals surface area contributed by atoms with Gasteiger partial charge in [-0.2, -0.15) is 0 Å². The van der Waals surface area contributed by atoms with E-state index in [2.05, 4.69) is 5.32 Å². The largest absolute Gasteiger partial charge is 0.339 e. The maximum absolute atomic E-state index is 12.9. The third-order valence-corrected chi connectivity index (χ3v) is 6.31. The standard InChI is InChI=1S/C21H29N3O2/c25-20-5-2-10-24(20)15-16-3-1-4-18(13-16)21(26)23-11-7-17(8-12-23)19-6-9-22-14-19/h1,3-4,13,17,19,22H,2,5-12,14-15H2. The maximum atomic E-state index is 12.9. The SMILES string of the molecule is O=C1CCCN1Cc1cccc(C(=O)N2CCC(C3CCNC3)CC2)c1. The summed E-state index contributed by atoms with van der Waals surface area (Å²) >= 11 is 0. The molecule has 5 heteroatoms. The van der Waals surface area contributed by atoms with E-state index in [-0.39, 0.29) is 11.8 Å². The minimum absolute atomic E-state index is 0.141. The minimum Gasteiger partial charge on any atom is -0.339 e. The van der Waals surface area contributed by atoms with Gasteiger partial charge in [0.05, 0.1) is 0 Å². The van der Waals surface area contributed by atoms with Gasteiger partial charge in [-0.25, -0.2) is 0 Å². The van der Waals surface area contributed by atoms with Crippen LogP contribution in [0.15, 0.2) is 24.3 Å². The Hall–Kier alpha value is -1.88. The van der Waals surface area contributed by atoms with Crippen LogP contribution in [0, 0.1) is 11.8 Å². The van der Waals surface area contributed by atoms with Gasteiger partial charge in [-0.05, 0) is 68.3 Å². The van der Waals surface area contributed by atoms with E-state index in [1.165, 1.54) is 6.42 Å². The molecular weight excluding hydrogens is 326 g/mol. The topological polar surface area (TPSA) is 52.7 Å². The molecule has 1 aromatic carbocycles. The van der Waals surface area contributed by atoms with Crippen LogP contribution >= 0.6 is 0 Å². The van der Waals surface area contributed by atoms with E-state index in [0.717, 1.165) is 74.9 Å². The van der Waals surface area contributed by atoms with E-state index in [1.54, 1.807) is 0 Å². The fraction of sp³-hybridized carbons (Fsp3) is 0.619. The molecule has 0 aromatic heterocycles. The number of carbonyl (C=O) groups is 2. The van der Waals surface area contributed by atoms with Crippen molar-refractivity contribution in [1.82, 2.24) is 15.1 Å². The van der Waals surface area contributed by atoms with Crippen LogP contribution in [0.3, 0.4) is 0 Å². The Bertz CT molecular complexity index is 661. The molecule has 3 heterocycles. The number of carbonyl (C=O) groups excluding carboxylic acids is 2. The highest BCUT2D eigenvalue weighted by Gasteiger charge is 2.30. The van der Waals surface area contributed by atoms with Crippen LogP contribution in [0.5, 0.6) is 0 Å². The smallest absolute Gasteiger partial charge is 0.253 e. The summed E-state index contributed by atoms with van der Waals surface area (Å²) in [5, 5.41) is 3.46. The second-order valence-electron chi connectivity index (χ2n) is 8.00. The van der Waals surface area contributed by atoms with Crippen molar-refractivity contribution in [2.45, 2.75) is 38.6 Å². The molecule has 3 saturated heterocycles. The molecule has 0 saturated carbocycles. The van der Waals surface area contributed by atoms with Gasteiger partial charge in [-0.3, -0.25) is 9.59 Å². The molecule has 1 atom stereocenters. The quantitative estimate of drug-likeness (QED) is 0.901. The van der Waals surface area contributed by atoms with Crippen molar-refractivity contribution in [3.8, 4) is 0 Å². The van der Waals surface area contributed by atoms with Crippen LogP contribution in [0.2, 0.25) is 0 Å². The van der Waals surface area contributed by atoms with E-state index < -0.39 is 0 Å². The number of piperidine rings is 1. The molecule has 0 radical (unpaired) electrons. The van der Waals surface area contributed by atoms with Gasteiger partial charge in [0, 0.05) is 38.2 Å². The molecule has 4 rings (SSSR count). The third-order valence-electron chi connectivity index (χ3n) is 6.31. The highest BCUT2D eigenvalue weighted by molar-refractivity contribution is 5.94. The van der Waals surface area contributed by atoms with E-state index >= 15 is 0 Å². The normalized spacial score (nSPS) is 24.5. The molecule has 0 spiro atoms. The van der Waals surface area contributed by atoms with Gasteiger partial charge in [0.15, 0.2) is 0 Å². The Labute approximate surface area is 155 Å². The van der Waals surface area contributed by atoms with E-state index in [0.29, 0.717) is 13.0 Å². The van der Waals surface area contributed by atoms with Crippen LogP contribution in [0.25, 0.3) is 0 Å².